The molecule has 1 saturated heterocycles. The Labute approximate surface area is 156 Å². The summed E-state index contributed by atoms with van der Waals surface area (Å²) in [5, 5.41) is 5.89. The highest BCUT2D eigenvalue weighted by molar-refractivity contribution is 7.09. The number of methoxy groups -OCH3 is 1. The van der Waals surface area contributed by atoms with E-state index in [1.807, 2.05) is 10.3 Å². The lowest BCUT2D eigenvalue weighted by Gasteiger charge is -2.35. The first-order chi connectivity index (χ1) is 12.7. The molecule has 1 aliphatic heterocycles. The zero-order valence-corrected chi connectivity index (χ0v) is 15.4. The highest BCUT2D eigenvalue weighted by atomic mass is 32.1. The van der Waals surface area contributed by atoms with Crippen LogP contribution in [0.15, 0.2) is 36.0 Å². The van der Waals surface area contributed by atoms with Crippen molar-refractivity contribution in [2.24, 2.45) is 5.92 Å². The summed E-state index contributed by atoms with van der Waals surface area (Å²) >= 11 is 1.53. The Balaban J connectivity index is 1.68. The molecule has 3 heterocycles. The predicted molar refractivity (Wildman–Crippen MR) is 97.7 cm³/mol. The Hall–Kier alpha value is -2.32. The van der Waals surface area contributed by atoms with Gasteiger partial charge in [0.05, 0.1) is 6.04 Å². The van der Waals surface area contributed by atoms with Crippen LogP contribution in [0.1, 0.15) is 34.4 Å². The molecule has 26 heavy (non-hydrogen) atoms. The van der Waals surface area contributed by atoms with E-state index in [1.165, 1.54) is 18.4 Å². The average Bonchev–Trinajstić information content (AvgIpc) is 3.21. The maximum Gasteiger partial charge on any atom is 0.270 e. The number of thiazole rings is 1. The van der Waals surface area contributed by atoms with E-state index in [0.29, 0.717) is 18.8 Å². The Morgan fingerprint density at radius 1 is 1.31 bits per heavy atom. The molecule has 0 bridgehead atoms. The monoisotopic (exact) mass is 374 g/mol. The smallest absolute Gasteiger partial charge is 0.270 e. The van der Waals surface area contributed by atoms with Gasteiger partial charge in [-0.3, -0.25) is 14.6 Å². The van der Waals surface area contributed by atoms with E-state index in [1.54, 1.807) is 30.6 Å². The number of nitrogens with zero attached hydrogens (tertiary/aromatic N) is 3. The van der Waals surface area contributed by atoms with Gasteiger partial charge in [-0.2, -0.15) is 0 Å². The first-order valence-corrected chi connectivity index (χ1v) is 9.45. The number of carbonyl (C=O) groups is 2. The number of nitrogens with one attached hydrogen (secondary N) is 1. The van der Waals surface area contributed by atoms with Crippen LogP contribution in [-0.2, 0) is 9.53 Å². The lowest BCUT2D eigenvalue weighted by atomic mass is 9.89. The van der Waals surface area contributed by atoms with Gasteiger partial charge in [0.1, 0.15) is 17.3 Å². The van der Waals surface area contributed by atoms with Gasteiger partial charge in [0, 0.05) is 38.0 Å². The molecule has 8 heteroatoms. The maximum absolute atomic E-state index is 12.6. The number of aromatic nitrogens is 2. The van der Waals surface area contributed by atoms with Gasteiger partial charge in [-0.1, -0.05) is 6.07 Å². The van der Waals surface area contributed by atoms with Crippen LogP contribution in [-0.4, -0.2) is 53.5 Å². The molecule has 0 radical (unpaired) electrons. The molecule has 1 aliphatic rings. The van der Waals surface area contributed by atoms with Gasteiger partial charge in [0.2, 0.25) is 5.91 Å². The van der Waals surface area contributed by atoms with E-state index in [2.05, 4.69) is 15.3 Å². The van der Waals surface area contributed by atoms with Gasteiger partial charge in [0.25, 0.3) is 5.91 Å². The molecule has 7 nitrogen and oxygen atoms in total. The molecular weight excluding hydrogens is 352 g/mol. The number of hydrogen-bond acceptors (Lipinski definition) is 6. The van der Waals surface area contributed by atoms with Gasteiger partial charge in [-0.05, 0) is 30.9 Å². The molecule has 0 aromatic carbocycles. The molecule has 2 aromatic rings. The summed E-state index contributed by atoms with van der Waals surface area (Å²) in [6, 6.07) is 5.09. The number of amides is 2. The van der Waals surface area contributed by atoms with E-state index < -0.39 is 0 Å². The van der Waals surface area contributed by atoms with Crippen LogP contribution in [0, 0.1) is 5.92 Å². The summed E-state index contributed by atoms with van der Waals surface area (Å²) in [7, 11) is 1.52. The third-order valence-corrected chi connectivity index (χ3v) is 5.39. The topological polar surface area (TPSA) is 84.4 Å². The molecule has 2 amide bonds. The number of hydrogen-bond donors (Lipinski definition) is 1. The van der Waals surface area contributed by atoms with Crippen LogP contribution in [0.25, 0.3) is 0 Å². The fourth-order valence-electron chi connectivity index (χ4n) is 3.18. The lowest BCUT2D eigenvalue weighted by Crippen LogP contribution is -2.44. The normalized spacial score (nSPS) is 16.3. The number of rotatable bonds is 6. The number of piperidine rings is 1. The number of carbonyl (C=O) groups excluding carboxylic acids is 2. The number of ether oxygens (including phenoxy) is 1. The summed E-state index contributed by atoms with van der Waals surface area (Å²) in [5.74, 6) is 0.0263. The Morgan fingerprint density at radius 2 is 2.12 bits per heavy atom. The van der Waals surface area contributed by atoms with Crippen molar-refractivity contribution in [2.75, 3.05) is 26.8 Å². The molecule has 1 fully saturated rings. The second kappa shape index (κ2) is 8.86. The summed E-state index contributed by atoms with van der Waals surface area (Å²) in [6.45, 7) is 1.43. The van der Waals surface area contributed by atoms with Crippen LogP contribution in [0.4, 0.5) is 0 Å². The highest BCUT2D eigenvalue weighted by Gasteiger charge is 2.32. The van der Waals surface area contributed by atoms with E-state index in [9.17, 15) is 9.59 Å². The van der Waals surface area contributed by atoms with E-state index >= 15 is 0 Å². The summed E-state index contributed by atoms with van der Waals surface area (Å²) in [4.78, 5) is 34.9. The van der Waals surface area contributed by atoms with Crippen molar-refractivity contribution >= 4 is 23.2 Å². The molecular formula is C18H22N4O3S. The molecule has 1 atom stereocenters. The molecule has 1 unspecified atom stereocenters. The zero-order valence-electron chi connectivity index (χ0n) is 14.6. The summed E-state index contributed by atoms with van der Waals surface area (Å²) in [5.41, 5.74) is 0.391. The van der Waals surface area contributed by atoms with Crippen molar-refractivity contribution in [1.82, 2.24) is 20.2 Å². The fraction of sp³-hybridized carbons (Fsp3) is 0.444. The van der Waals surface area contributed by atoms with Crippen molar-refractivity contribution in [1.29, 1.82) is 0 Å². The van der Waals surface area contributed by atoms with Gasteiger partial charge in [-0.15, -0.1) is 11.3 Å². The van der Waals surface area contributed by atoms with Gasteiger partial charge in [-0.25, -0.2) is 4.98 Å². The van der Waals surface area contributed by atoms with Crippen molar-refractivity contribution in [3.05, 3.63) is 46.7 Å². The minimum Gasteiger partial charge on any atom is -0.375 e. The Morgan fingerprint density at radius 3 is 2.73 bits per heavy atom. The third kappa shape index (κ3) is 4.44. The predicted octanol–water partition coefficient (Wildman–Crippen LogP) is 1.89. The van der Waals surface area contributed by atoms with Crippen LogP contribution in [0.2, 0.25) is 0 Å². The van der Waals surface area contributed by atoms with E-state index in [4.69, 9.17) is 4.74 Å². The number of likely N-dealkylation sites (tertiary alicyclic amines) is 1. The molecule has 138 valence electrons. The van der Waals surface area contributed by atoms with Crippen molar-refractivity contribution in [3.8, 4) is 0 Å². The van der Waals surface area contributed by atoms with Crippen LogP contribution in [0.5, 0.6) is 0 Å². The quantitative estimate of drug-likeness (QED) is 0.835. The highest BCUT2D eigenvalue weighted by Crippen LogP contribution is 2.32. The van der Waals surface area contributed by atoms with Gasteiger partial charge < -0.3 is 15.0 Å². The molecule has 2 aromatic heterocycles. The van der Waals surface area contributed by atoms with Crippen LogP contribution in [0.3, 0.4) is 0 Å². The number of pyridine rings is 1. The van der Waals surface area contributed by atoms with E-state index in [-0.39, 0.29) is 30.4 Å². The van der Waals surface area contributed by atoms with Crippen molar-refractivity contribution < 1.29 is 14.3 Å². The standard InChI is InChI=1S/C18H22N4O3S/c1-25-12-15(23)22-9-5-13(6-10-22)16(18-20-8-11-26-18)21-17(24)14-4-2-3-7-19-14/h2-4,7-8,11,13,16H,5-6,9-10,12H2,1H3,(H,21,24). The van der Waals surface area contributed by atoms with Crippen LogP contribution < -0.4 is 5.32 Å². The zero-order chi connectivity index (χ0) is 18.4. The molecule has 1 N–H and O–H groups in total. The maximum atomic E-state index is 12.6. The Bertz CT molecular complexity index is 715. The summed E-state index contributed by atoms with van der Waals surface area (Å²) in [6.07, 6.45) is 4.97. The first-order valence-electron chi connectivity index (χ1n) is 8.57. The third-order valence-electron chi connectivity index (χ3n) is 4.53. The largest absolute Gasteiger partial charge is 0.375 e. The lowest BCUT2D eigenvalue weighted by molar-refractivity contribution is -0.136. The van der Waals surface area contributed by atoms with Crippen molar-refractivity contribution in [2.45, 2.75) is 18.9 Å². The van der Waals surface area contributed by atoms with Crippen LogP contribution >= 0.6 is 11.3 Å². The average molecular weight is 374 g/mol. The molecule has 3 rings (SSSR count). The fourth-order valence-corrected chi connectivity index (χ4v) is 3.96. The minimum absolute atomic E-state index is 0.00858. The second-order valence-electron chi connectivity index (χ2n) is 6.19. The second-order valence-corrected chi connectivity index (χ2v) is 7.11. The van der Waals surface area contributed by atoms with Gasteiger partial charge >= 0.3 is 0 Å². The Kier molecular flexibility index (Phi) is 6.30. The SMILES string of the molecule is COCC(=O)N1CCC(C(NC(=O)c2ccccn2)c2nccs2)CC1. The van der Waals surface area contributed by atoms with Crippen molar-refractivity contribution in [3.63, 3.8) is 0 Å². The van der Waals surface area contributed by atoms with Gasteiger partial charge in [0.15, 0.2) is 0 Å². The minimum atomic E-state index is -0.205. The summed E-state index contributed by atoms with van der Waals surface area (Å²) < 4.78 is 4.93. The molecule has 0 spiro atoms. The molecule has 0 aliphatic carbocycles. The first kappa shape index (κ1) is 18.5. The van der Waals surface area contributed by atoms with E-state index in [0.717, 1.165) is 17.8 Å². The molecule has 0 saturated carbocycles.